The highest BCUT2D eigenvalue weighted by Gasteiger charge is 2.09. The van der Waals surface area contributed by atoms with Gasteiger partial charge in [-0.2, -0.15) is 0 Å². The lowest BCUT2D eigenvalue weighted by molar-refractivity contribution is 0.534. The van der Waals surface area contributed by atoms with Crippen molar-refractivity contribution in [3.8, 4) is 0 Å². The average Bonchev–Trinajstić information content (AvgIpc) is 2.40. The molecule has 0 aliphatic carbocycles. The third-order valence-electron chi connectivity index (χ3n) is 3.26. The zero-order chi connectivity index (χ0) is 13.8. The van der Waals surface area contributed by atoms with E-state index in [1.54, 1.807) is 0 Å². The summed E-state index contributed by atoms with van der Waals surface area (Å²) >= 11 is 0. The molecule has 0 heterocycles. The molecule has 0 unspecified atom stereocenters. The quantitative estimate of drug-likeness (QED) is 0.872. The van der Waals surface area contributed by atoms with Crippen molar-refractivity contribution in [3.63, 3.8) is 0 Å². The predicted molar refractivity (Wildman–Crippen MR) is 72.8 cm³/mol. The highest BCUT2D eigenvalue weighted by Crippen LogP contribution is 2.18. The van der Waals surface area contributed by atoms with Gasteiger partial charge in [0.25, 0.3) is 0 Å². The van der Waals surface area contributed by atoms with E-state index in [4.69, 9.17) is 0 Å². The van der Waals surface area contributed by atoms with E-state index in [1.807, 2.05) is 38.1 Å². The Hall–Kier alpha value is -1.74. The van der Waals surface area contributed by atoms with Crippen LogP contribution in [0.2, 0.25) is 0 Å². The van der Waals surface area contributed by atoms with Gasteiger partial charge < -0.3 is 5.32 Å². The fourth-order valence-electron chi connectivity index (χ4n) is 2.12. The van der Waals surface area contributed by atoms with Crippen molar-refractivity contribution in [3.05, 3.63) is 70.8 Å². The predicted octanol–water partition coefficient (Wildman–Crippen LogP) is 4.12. The maximum Gasteiger partial charge on any atom is 0.127 e. The first kappa shape index (κ1) is 13.7. The molecule has 0 saturated carbocycles. The van der Waals surface area contributed by atoms with E-state index < -0.39 is 5.82 Å². The first-order valence-electron chi connectivity index (χ1n) is 6.31. The van der Waals surface area contributed by atoms with Crippen LogP contribution in [0.25, 0.3) is 0 Å². The Balaban J connectivity index is 2.06. The molecule has 0 aromatic heterocycles. The van der Waals surface area contributed by atoms with Gasteiger partial charge in [-0.3, -0.25) is 0 Å². The zero-order valence-corrected chi connectivity index (χ0v) is 11.1. The van der Waals surface area contributed by atoms with Gasteiger partial charge in [0.15, 0.2) is 0 Å². The van der Waals surface area contributed by atoms with Gasteiger partial charge in [-0.1, -0.05) is 24.3 Å². The van der Waals surface area contributed by atoms with Gasteiger partial charge in [0.2, 0.25) is 0 Å². The van der Waals surface area contributed by atoms with Gasteiger partial charge in [-0.25, -0.2) is 8.78 Å². The first-order valence-corrected chi connectivity index (χ1v) is 6.31. The monoisotopic (exact) mass is 261 g/mol. The molecule has 0 aliphatic rings. The topological polar surface area (TPSA) is 12.0 Å². The van der Waals surface area contributed by atoms with Crippen LogP contribution < -0.4 is 5.32 Å². The molecule has 0 radical (unpaired) electrons. The summed E-state index contributed by atoms with van der Waals surface area (Å²) < 4.78 is 26.6. The van der Waals surface area contributed by atoms with E-state index in [0.717, 1.165) is 12.1 Å². The first-order chi connectivity index (χ1) is 9.08. The lowest BCUT2D eigenvalue weighted by Gasteiger charge is -2.16. The highest BCUT2D eigenvalue weighted by molar-refractivity contribution is 5.28. The molecule has 3 heteroatoms. The molecule has 0 saturated heterocycles. The number of nitrogens with one attached hydrogen (secondary N) is 1. The summed E-state index contributed by atoms with van der Waals surface area (Å²) in [7, 11) is 0. The van der Waals surface area contributed by atoms with Crippen LogP contribution in [0.15, 0.2) is 42.5 Å². The smallest absolute Gasteiger partial charge is 0.127 e. The molecule has 1 N–H and O–H groups in total. The van der Waals surface area contributed by atoms with Gasteiger partial charge in [0.05, 0.1) is 0 Å². The van der Waals surface area contributed by atoms with Gasteiger partial charge >= 0.3 is 0 Å². The van der Waals surface area contributed by atoms with Crippen LogP contribution in [0.3, 0.4) is 0 Å². The second-order valence-corrected chi connectivity index (χ2v) is 4.69. The number of benzene rings is 2. The summed E-state index contributed by atoms with van der Waals surface area (Å²) in [6, 6.07) is 11.6. The molecule has 0 bridgehead atoms. The number of halogens is 2. The van der Waals surface area contributed by atoms with Crippen molar-refractivity contribution < 1.29 is 8.78 Å². The number of hydrogen-bond donors (Lipinski definition) is 1. The van der Waals surface area contributed by atoms with Crippen LogP contribution in [-0.2, 0) is 6.54 Å². The molecular formula is C16H17F2N. The minimum atomic E-state index is -0.415. The van der Waals surface area contributed by atoms with Gasteiger partial charge in [0.1, 0.15) is 11.6 Å². The lowest BCUT2D eigenvalue weighted by Crippen LogP contribution is -2.19. The van der Waals surface area contributed by atoms with Crippen LogP contribution in [0.1, 0.15) is 29.7 Å². The third kappa shape index (κ3) is 3.38. The minimum Gasteiger partial charge on any atom is -0.306 e. The van der Waals surface area contributed by atoms with Crippen LogP contribution in [0.4, 0.5) is 8.78 Å². The van der Waals surface area contributed by atoms with Gasteiger partial charge in [0, 0.05) is 18.2 Å². The van der Waals surface area contributed by atoms with Crippen LogP contribution in [-0.4, -0.2) is 0 Å². The molecule has 0 amide bonds. The van der Waals surface area contributed by atoms with E-state index in [-0.39, 0.29) is 11.9 Å². The molecule has 19 heavy (non-hydrogen) atoms. The van der Waals surface area contributed by atoms with E-state index in [2.05, 4.69) is 5.32 Å². The fraction of sp³-hybridized carbons (Fsp3) is 0.250. The molecule has 0 fully saturated rings. The van der Waals surface area contributed by atoms with Crippen LogP contribution >= 0.6 is 0 Å². The number of rotatable bonds is 4. The molecule has 100 valence electrons. The maximum absolute atomic E-state index is 13.5. The van der Waals surface area contributed by atoms with Crippen LogP contribution in [0.5, 0.6) is 0 Å². The zero-order valence-electron chi connectivity index (χ0n) is 11.1. The summed E-state index contributed by atoms with van der Waals surface area (Å²) in [4.78, 5) is 0. The second kappa shape index (κ2) is 5.93. The highest BCUT2D eigenvalue weighted by atomic mass is 19.1. The van der Waals surface area contributed by atoms with Crippen LogP contribution in [0, 0.1) is 18.6 Å². The molecule has 1 nitrogen and oxygen atoms in total. The number of aryl methyl sites for hydroxylation is 1. The van der Waals surface area contributed by atoms with Crippen molar-refractivity contribution in [1.82, 2.24) is 5.32 Å². The van der Waals surface area contributed by atoms with E-state index in [1.165, 1.54) is 17.2 Å². The Morgan fingerprint density at radius 1 is 1.11 bits per heavy atom. The van der Waals surface area contributed by atoms with E-state index in [9.17, 15) is 8.78 Å². The van der Waals surface area contributed by atoms with Crippen molar-refractivity contribution in [2.45, 2.75) is 26.4 Å². The van der Waals surface area contributed by atoms with Gasteiger partial charge in [-0.05, 0) is 43.2 Å². The van der Waals surface area contributed by atoms with Crippen molar-refractivity contribution in [2.24, 2.45) is 0 Å². The summed E-state index contributed by atoms with van der Waals surface area (Å²) in [5.74, 6) is -0.798. The van der Waals surface area contributed by atoms with Crippen molar-refractivity contribution >= 4 is 0 Å². The summed E-state index contributed by atoms with van der Waals surface area (Å²) in [6.45, 7) is 4.36. The molecule has 2 aromatic carbocycles. The maximum atomic E-state index is 13.5. The second-order valence-electron chi connectivity index (χ2n) is 4.69. The summed E-state index contributed by atoms with van der Waals surface area (Å²) in [5, 5.41) is 3.22. The molecular weight excluding hydrogens is 244 g/mol. The molecule has 2 aromatic rings. The van der Waals surface area contributed by atoms with E-state index in [0.29, 0.717) is 12.1 Å². The Morgan fingerprint density at radius 2 is 1.84 bits per heavy atom. The van der Waals surface area contributed by atoms with E-state index >= 15 is 0 Å². The Kier molecular flexibility index (Phi) is 4.27. The molecule has 0 spiro atoms. The van der Waals surface area contributed by atoms with Gasteiger partial charge in [-0.15, -0.1) is 0 Å². The lowest BCUT2D eigenvalue weighted by atomic mass is 10.0. The normalized spacial score (nSPS) is 12.4. The standard InChI is InChI=1S/C16H17F2N/c1-11-5-3-4-6-15(11)12(2)19-10-13-9-14(17)7-8-16(13)18/h3-9,12,19H,10H2,1-2H3/t12-/m1/s1. The van der Waals surface area contributed by atoms with Crippen molar-refractivity contribution in [1.29, 1.82) is 0 Å². The fourth-order valence-corrected chi connectivity index (χ4v) is 2.12. The Labute approximate surface area is 112 Å². The largest absolute Gasteiger partial charge is 0.306 e. The Bertz CT molecular complexity index is 566. The molecule has 1 atom stereocenters. The minimum absolute atomic E-state index is 0.0869. The number of hydrogen-bond acceptors (Lipinski definition) is 1. The molecule has 0 aliphatic heterocycles. The third-order valence-corrected chi connectivity index (χ3v) is 3.26. The summed E-state index contributed by atoms with van der Waals surface area (Å²) in [5.41, 5.74) is 2.70. The van der Waals surface area contributed by atoms with Crippen molar-refractivity contribution in [2.75, 3.05) is 0 Å². The average molecular weight is 261 g/mol. The molecule has 2 rings (SSSR count). The Morgan fingerprint density at radius 3 is 2.58 bits per heavy atom. The summed E-state index contributed by atoms with van der Waals surface area (Å²) in [6.07, 6.45) is 0. The SMILES string of the molecule is Cc1ccccc1[C@@H](C)NCc1cc(F)ccc1F.